The Morgan fingerprint density at radius 3 is 2.63 bits per heavy atom. The average Bonchev–Trinajstić information content (AvgIpc) is 3.34. The van der Waals surface area contributed by atoms with Crippen molar-refractivity contribution in [3.05, 3.63) is 63.9 Å². The van der Waals surface area contributed by atoms with E-state index >= 15 is 0 Å². The maximum absolute atomic E-state index is 12.5. The molecule has 0 spiro atoms. The van der Waals surface area contributed by atoms with Crippen molar-refractivity contribution in [2.24, 2.45) is 0 Å². The molecule has 1 fully saturated rings. The quantitative estimate of drug-likeness (QED) is 0.632. The van der Waals surface area contributed by atoms with Crippen LogP contribution in [0.25, 0.3) is 6.08 Å². The van der Waals surface area contributed by atoms with E-state index in [-0.39, 0.29) is 18.8 Å². The number of halogens is 1. The molecule has 4 amide bonds. The Bertz CT molecular complexity index is 988. The van der Waals surface area contributed by atoms with Crippen LogP contribution in [0.2, 0.25) is 5.02 Å². The van der Waals surface area contributed by atoms with Crippen molar-refractivity contribution in [3.8, 4) is 0 Å². The van der Waals surface area contributed by atoms with E-state index in [9.17, 15) is 19.2 Å². The molecule has 2 heterocycles. The number of imide groups is 1. The summed E-state index contributed by atoms with van der Waals surface area (Å²) in [5, 5.41) is 5.27. The van der Waals surface area contributed by atoms with Gasteiger partial charge in [-0.2, -0.15) is 0 Å². The van der Waals surface area contributed by atoms with Gasteiger partial charge in [-0.25, -0.2) is 0 Å². The number of thioether (sulfide) groups is 1. The first-order chi connectivity index (χ1) is 14.3. The highest BCUT2D eigenvalue weighted by Crippen LogP contribution is 2.32. The lowest BCUT2D eigenvalue weighted by Crippen LogP contribution is -2.46. The van der Waals surface area contributed by atoms with Gasteiger partial charge in [-0.05, 0) is 54.6 Å². The molecule has 0 radical (unpaired) electrons. The van der Waals surface area contributed by atoms with Gasteiger partial charge < -0.3 is 15.1 Å². The van der Waals surface area contributed by atoms with Gasteiger partial charge in [0.2, 0.25) is 5.91 Å². The number of hydrogen-bond acceptors (Lipinski definition) is 6. The first-order valence-corrected chi connectivity index (χ1v) is 10.2. The summed E-state index contributed by atoms with van der Waals surface area (Å²) in [6.45, 7) is 1.60. The summed E-state index contributed by atoms with van der Waals surface area (Å²) in [6.07, 6.45) is 2.98. The Morgan fingerprint density at radius 1 is 1.23 bits per heavy atom. The molecule has 2 N–H and O–H groups in total. The minimum absolute atomic E-state index is 0.0210. The highest BCUT2D eigenvalue weighted by molar-refractivity contribution is 8.18. The van der Waals surface area contributed by atoms with Gasteiger partial charge >= 0.3 is 0 Å². The zero-order valence-electron chi connectivity index (χ0n) is 15.9. The van der Waals surface area contributed by atoms with E-state index < -0.39 is 29.0 Å². The molecular weight excluding hydrogens is 430 g/mol. The molecule has 1 atom stereocenters. The van der Waals surface area contributed by atoms with E-state index in [1.165, 1.54) is 19.3 Å². The summed E-state index contributed by atoms with van der Waals surface area (Å²) in [4.78, 5) is 50.0. The Labute approximate surface area is 181 Å². The number of nitrogens with one attached hydrogen (secondary N) is 2. The monoisotopic (exact) mass is 447 g/mol. The van der Waals surface area contributed by atoms with Crippen molar-refractivity contribution in [2.75, 3.05) is 13.1 Å². The molecule has 2 aromatic rings. The molecule has 1 aromatic carbocycles. The highest BCUT2D eigenvalue weighted by Gasteiger charge is 2.34. The lowest BCUT2D eigenvalue weighted by Gasteiger charge is -2.16. The first kappa shape index (κ1) is 21.7. The molecule has 1 aliphatic heterocycles. The summed E-state index contributed by atoms with van der Waals surface area (Å²) < 4.78 is 4.97. The Balaban J connectivity index is 1.50. The predicted molar refractivity (Wildman–Crippen MR) is 113 cm³/mol. The SMILES string of the molecule is C[C@@H](NC(=O)c1ccco1)C(=O)NCCN1C(=O)S/C(=C\c2ccc(Cl)cc2)C1=O. The molecule has 156 valence electrons. The van der Waals surface area contributed by atoms with Gasteiger partial charge in [0.25, 0.3) is 17.1 Å². The van der Waals surface area contributed by atoms with Crippen LogP contribution in [0.15, 0.2) is 52.0 Å². The third-order valence-corrected chi connectivity index (χ3v) is 5.32. The van der Waals surface area contributed by atoms with Crippen LogP contribution in [0.1, 0.15) is 23.0 Å². The number of nitrogens with zero attached hydrogens (tertiary/aromatic N) is 1. The topological polar surface area (TPSA) is 109 Å². The van der Waals surface area contributed by atoms with Gasteiger partial charge in [-0.1, -0.05) is 23.7 Å². The average molecular weight is 448 g/mol. The van der Waals surface area contributed by atoms with Gasteiger partial charge in [0.05, 0.1) is 11.2 Å². The van der Waals surface area contributed by atoms with E-state index in [0.29, 0.717) is 9.93 Å². The van der Waals surface area contributed by atoms with Gasteiger partial charge in [-0.3, -0.25) is 24.1 Å². The molecule has 30 heavy (non-hydrogen) atoms. The van der Waals surface area contributed by atoms with E-state index in [1.807, 2.05) is 0 Å². The number of hydrogen-bond donors (Lipinski definition) is 2. The molecule has 8 nitrogen and oxygen atoms in total. The Morgan fingerprint density at radius 2 is 1.97 bits per heavy atom. The van der Waals surface area contributed by atoms with Crippen molar-refractivity contribution in [1.82, 2.24) is 15.5 Å². The molecule has 3 rings (SSSR count). The number of benzene rings is 1. The van der Waals surface area contributed by atoms with E-state index in [0.717, 1.165) is 22.2 Å². The molecular formula is C20H18ClN3O5S. The molecule has 0 bridgehead atoms. The van der Waals surface area contributed by atoms with Crippen LogP contribution in [0.4, 0.5) is 4.79 Å². The molecule has 1 aromatic heterocycles. The fourth-order valence-corrected chi connectivity index (χ4v) is 3.58. The van der Waals surface area contributed by atoms with Crippen molar-refractivity contribution in [1.29, 1.82) is 0 Å². The molecule has 0 saturated carbocycles. The third kappa shape index (κ3) is 5.31. The first-order valence-electron chi connectivity index (χ1n) is 8.98. The number of rotatable bonds is 7. The third-order valence-electron chi connectivity index (χ3n) is 4.16. The fraction of sp³-hybridized carbons (Fsp3) is 0.200. The molecule has 1 aliphatic rings. The number of furan rings is 1. The van der Waals surface area contributed by atoms with Crippen LogP contribution in [-0.4, -0.2) is 47.0 Å². The maximum Gasteiger partial charge on any atom is 0.293 e. The summed E-state index contributed by atoms with van der Waals surface area (Å²) in [7, 11) is 0. The Kier molecular flexibility index (Phi) is 6.96. The summed E-state index contributed by atoms with van der Waals surface area (Å²) >= 11 is 6.68. The van der Waals surface area contributed by atoms with Crippen LogP contribution >= 0.6 is 23.4 Å². The lowest BCUT2D eigenvalue weighted by atomic mass is 10.2. The van der Waals surface area contributed by atoms with Crippen molar-refractivity contribution in [2.45, 2.75) is 13.0 Å². The molecule has 1 saturated heterocycles. The summed E-state index contributed by atoms with van der Waals surface area (Å²) in [6, 6.07) is 9.11. The zero-order valence-corrected chi connectivity index (χ0v) is 17.5. The van der Waals surface area contributed by atoms with E-state index in [2.05, 4.69) is 10.6 Å². The lowest BCUT2D eigenvalue weighted by molar-refractivity contribution is -0.124. The smallest absolute Gasteiger partial charge is 0.293 e. The number of carbonyl (C=O) groups is 4. The Hall–Kier alpha value is -3.04. The number of carbonyl (C=O) groups excluding carboxylic acids is 4. The van der Waals surface area contributed by atoms with Gasteiger partial charge in [0.15, 0.2) is 5.76 Å². The van der Waals surface area contributed by atoms with Crippen LogP contribution in [0.5, 0.6) is 0 Å². The molecule has 10 heteroatoms. The fourth-order valence-electron chi connectivity index (χ4n) is 2.59. The van der Waals surface area contributed by atoms with Gasteiger partial charge in [0, 0.05) is 18.1 Å². The maximum atomic E-state index is 12.5. The van der Waals surface area contributed by atoms with E-state index in [1.54, 1.807) is 36.4 Å². The second-order valence-corrected chi connectivity index (χ2v) is 7.78. The van der Waals surface area contributed by atoms with Crippen LogP contribution in [0.3, 0.4) is 0 Å². The second kappa shape index (κ2) is 9.64. The van der Waals surface area contributed by atoms with Crippen LogP contribution in [0, 0.1) is 0 Å². The van der Waals surface area contributed by atoms with Crippen molar-refractivity contribution < 1.29 is 23.6 Å². The minimum atomic E-state index is -0.817. The van der Waals surface area contributed by atoms with E-state index in [4.69, 9.17) is 16.0 Å². The molecule has 0 unspecified atom stereocenters. The second-order valence-electron chi connectivity index (χ2n) is 6.35. The summed E-state index contributed by atoms with van der Waals surface area (Å²) in [5.41, 5.74) is 0.749. The van der Waals surface area contributed by atoms with Gasteiger partial charge in [0.1, 0.15) is 6.04 Å². The largest absolute Gasteiger partial charge is 0.459 e. The number of amides is 4. The zero-order chi connectivity index (χ0) is 21.7. The normalized spacial score (nSPS) is 16.1. The highest BCUT2D eigenvalue weighted by atomic mass is 35.5. The predicted octanol–water partition coefficient (Wildman–Crippen LogP) is 2.90. The van der Waals surface area contributed by atoms with Gasteiger partial charge in [-0.15, -0.1) is 0 Å². The van der Waals surface area contributed by atoms with Crippen LogP contribution < -0.4 is 10.6 Å². The standard InChI is InChI=1S/C20H18ClN3O5S/c1-12(23-18(26)15-3-2-10-29-15)17(25)22-8-9-24-19(27)16(30-20(24)28)11-13-4-6-14(21)7-5-13/h2-7,10-12H,8-9H2,1H3,(H,22,25)(H,23,26)/b16-11-/t12-/m1/s1. The summed E-state index contributed by atoms with van der Waals surface area (Å²) in [5.74, 6) is -1.28. The van der Waals surface area contributed by atoms with Crippen molar-refractivity contribution >= 4 is 52.4 Å². The molecule has 0 aliphatic carbocycles. The minimum Gasteiger partial charge on any atom is -0.459 e. The van der Waals surface area contributed by atoms with Crippen molar-refractivity contribution in [3.63, 3.8) is 0 Å². The van der Waals surface area contributed by atoms with Crippen LogP contribution in [-0.2, 0) is 9.59 Å².